The molecule has 120 valence electrons. The minimum Gasteiger partial charge on any atom is -0.378 e. The van der Waals surface area contributed by atoms with Crippen molar-refractivity contribution in [3.05, 3.63) is 59.2 Å². The summed E-state index contributed by atoms with van der Waals surface area (Å²) >= 11 is 0. The van der Waals surface area contributed by atoms with Crippen molar-refractivity contribution >= 4 is 23.6 Å². The predicted octanol–water partition coefficient (Wildman–Crippen LogP) is 3.53. The minimum atomic E-state index is -0.358. The van der Waals surface area contributed by atoms with Gasteiger partial charge in [0, 0.05) is 25.5 Å². The molecule has 2 amide bonds. The number of anilines is 2. The van der Waals surface area contributed by atoms with Crippen LogP contribution in [0, 0.1) is 13.8 Å². The van der Waals surface area contributed by atoms with Gasteiger partial charge in [0.25, 0.3) is 0 Å². The summed E-state index contributed by atoms with van der Waals surface area (Å²) in [6, 6.07) is 13.4. The fraction of sp³-hybridized carbons (Fsp3) is 0.222. The van der Waals surface area contributed by atoms with E-state index in [1.165, 1.54) is 0 Å². The third-order valence-electron chi connectivity index (χ3n) is 3.51. The third-order valence-corrected chi connectivity index (χ3v) is 3.51. The molecule has 0 unspecified atom stereocenters. The van der Waals surface area contributed by atoms with Crippen LogP contribution in [-0.2, 0) is 0 Å². The molecule has 0 atom stereocenters. The van der Waals surface area contributed by atoms with Crippen LogP contribution in [0.5, 0.6) is 0 Å². The minimum absolute atomic E-state index is 0.358. The highest BCUT2D eigenvalue weighted by Gasteiger charge is 2.05. The highest BCUT2D eigenvalue weighted by atomic mass is 16.2. The lowest BCUT2D eigenvalue weighted by atomic mass is 10.1. The molecule has 0 radical (unpaired) electrons. The molecule has 2 aromatic carbocycles. The van der Waals surface area contributed by atoms with Gasteiger partial charge in [0.05, 0.1) is 6.21 Å². The topological polar surface area (TPSA) is 56.7 Å². The van der Waals surface area contributed by atoms with Crippen molar-refractivity contribution in [2.75, 3.05) is 24.3 Å². The van der Waals surface area contributed by atoms with E-state index in [1.807, 2.05) is 75.3 Å². The van der Waals surface area contributed by atoms with Gasteiger partial charge < -0.3 is 10.2 Å². The lowest BCUT2D eigenvalue weighted by Gasteiger charge is -2.11. The summed E-state index contributed by atoms with van der Waals surface area (Å²) < 4.78 is 0. The van der Waals surface area contributed by atoms with Crippen molar-refractivity contribution in [1.82, 2.24) is 5.43 Å². The third kappa shape index (κ3) is 4.57. The smallest absolute Gasteiger partial charge is 0.339 e. The van der Waals surface area contributed by atoms with Gasteiger partial charge in [-0.25, -0.2) is 10.2 Å². The highest BCUT2D eigenvalue weighted by Crippen LogP contribution is 2.19. The maximum Gasteiger partial charge on any atom is 0.339 e. The Morgan fingerprint density at radius 3 is 2.22 bits per heavy atom. The number of carbonyl (C=O) groups excluding carboxylic acids is 1. The van der Waals surface area contributed by atoms with E-state index in [4.69, 9.17) is 0 Å². The number of rotatable bonds is 4. The lowest BCUT2D eigenvalue weighted by Crippen LogP contribution is -2.25. The largest absolute Gasteiger partial charge is 0.378 e. The number of hydrogen-bond donors (Lipinski definition) is 2. The number of carbonyl (C=O) groups is 1. The van der Waals surface area contributed by atoms with Crippen LogP contribution in [0.15, 0.2) is 47.6 Å². The van der Waals surface area contributed by atoms with Gasteiger partial charge in [-0.3, -0.25) is 0 Å². The van der Waals surface area contributed by atoms with Crippen molar-refractivity contribution in [2.45, 2.75) is 13.8 Å². The summed E-state index contributed by atoms with van der Waals surface area (Å²) in [4.78, 5) is 13.9. The van der Waals surface area contributed by atoms with Crippen molar-refractivity contribution in [1.29, 1.82) is 0 Å². The molecule has 0 bridgehead atoms. The summed E-state index contributed by atoms with van der Waals surface area (Å²) in [5.41, 5.74) is 7.36. The molecule has 0 saturated heterocycles. The first-order valence-corrected chi connectivity index (χ1v) is 7.41. The second-order valence-electron chi connectivity index (χ2n) is 5.58. The van der Waals surface area contributed by atoms with Crippen molar-refractivity contribution in [2.24, 2.45) is 5.10 Å². The Hall–Kier alpha value is -2.82. The first-order chi connectivity index (χ1) is 11.0. The van der Waals surface area contributed by atoms with E-state index in [0.717, 1.165) is 28.1 Å². The van der Waals surface area contributed by atoms with E-state index < -0.39 is 0 Å². The van der Waals surface area contributed by atoms with E-state index in [2.05, 4.69) is 15.8 Å². The maximum absolute atomic E-state index is 11.9. The van der Waals surface area contributed by atoms with Crippen LogP contribution in [0.25, 0.3) is 0 Å². The van der Waals surface area contributed by atoms with E-state index in [0.29, 0.717) is 0 Å². The van der Waals surface area contributed by atoms with E-state index in [1.54, 1.807) is 6.21 Å². The van der Waals surface area contributed by atoms with Crippen LogP contribution in [0.3, 0.4) is 0 Å². The van der Waals surface area contributed by atoms with Crippen LogP contribution >= 0.6 is 0 Å². The summed E-state index contributed by atoms with van der Waals surface area (Å²) in [7, 11) is 3.98. The molecule has 5 nitrogen and oxygen atoms in total. The molecule has 0 aliphatic rings. The van der Waals surface area contributed by atoms with E-state index in [9.17, 15) is 4.79 Å². The van der Waals surface area contributed by atoms with Gasteiger partial charge in [-0.05, 0) is 42.7 Å². The Kier molecular flexibility index (Phi) is 5.36. The van der Waals surface area contributed by atoms with Gasteiger partial charge in [-0.1, -0.05) is 30.3 Å². The summed E-state index contributed by atoms with van der Waals surface area (Å²) in [6.07, 6.45) is 1.61. The van der Waals surface area contributed by atoms with Crippen LogP contribution in [-0.4, -0.2) is 26.3 Å². The molecule has 2 rings (SSSR count). The highest BCUT2D eigenvalue weighted by molar-refractivity contribution is 5.91. The van der Waals surface area contributed by atoms with Crippen LogP contribution in [0.1, 0.15) is 16.7 Å². The molecule has 0 heterocycles. The average Bonchev–Trinajstić information content (AvgIpc) is 2.51. The molecular weight excluding hydrogens is 288 g/mol. The van der Waals surface area contributed by atoms with Gasteiger partial charge in [0.2, 0.25) is 0 Å². The fourth-order valence-electron chi connectivity index (χ4n) is 2.18. The van der Waals surface area contributed by atoms with Crippen LogP contribution in [0.4, 0.5) is 16.2 Å². The van der Waals surface area contributed by atoms with Gasteiger partial charge in [-0.2, -0.15) is 5.10 Å². The number of hydrogen-bond acceptors (Lipinski definition) is 3. The monoisotopic (exact) mass is 310 g/mol. The zero-order valence-corrected chi connectivity index (χ0v) is 13.9. The van der Waals surface area contributed by atoms with Gasteiger partial charge in [0.1, 0.15) is 0 Å². The molecule has 5 heteroatoms. The number of hydrazone groups is 1. The van der Waals surface area contributed by atoms with Crippen molar-refractivity contribution in [3.63, 3.8) is 0 Å². The first-order valence-electron chi connectivity index (χ1n) is 7.41. The fourth-order valence-corrected chi connectivity index (χ4v) is 2.18. The molecule has 2 aromatic rings. The Morgan fingerprint density at radius 1 is 1.04 bits per heavy atom. The quantitative estimate of drug-likeness (QED) is 0.670. The molecular formula is C18H22N4O. The Balaban J connectivity index is 1.93. The van der Waals surface area contributed by atoms with Gasteiger partial charge in [-0.15, -0.1) is 0 Å². The summed E-state index contributed by atoms with van der Waals surface area (Å²) in [5.74, 6) is 0. The number of amides is 2. The van der Waals surface area contributed by atoms with E-state index >= 15 is 0 Å². The zero-order chi connectivity index (χ0) is 16.8. The molecule has 0 aromatic heterocycles. The molecule has 2 N–H and O–H groups in total. The molecule has 0 fully saturated rings. The first kappa shape index (κ1) is 16.5. The Labute approximate surface area is 137 Å². The predicted molar refractivity (Wildman–Crippen MR) is 96.4 cm³/mol. The Morgan fingerprint density at radius 2 is 1.65 bits per heavy atom. The van der Waals surface area contributed by atoms with Crippen molar-refractivity contribution < 1.29 is 4.79 Å². The molecule has 0 aliphatic carbocycles. The van der Waals surface area contributed by atoms with E-state index in [-0.39, 0.29) is 6.03 Å². The summed E-state index contributed by atoms with van der Waals surface area (Å²) in [5, 5.41) is 6.79. The number of aryl methyl sites for hydroxylation is 2. The molecule has 0 spiro atoms. The van der Waals surface area contributed by atoms with Crippen LogP contribution < -0.4 is 15.6 Å². The molecule has 23 heavy (non-hydrogen) atoms. The number of nitrogens with zero attached hydrogens (tertiary/aromatic N) is 2. The standard InChI is InChI=1S/C18H22N4O/c1-13-6-5-7-14(2)17(13)20-18(23)21-19-12-15-8-10-16(11-9-15)22(3)4/h5-12H,1-4H3,(H2,20,21,23)/b19-12+. The number of para-hydroxylation sites is 1. The number of nitrogens with one attached hydrogen (secondary N) is 2. The lowest BCUT2D eigenvalue weighted by molar-refractivity contribution is 0.252. The molecule has 0 saturated carbocycles. The van der Waals surface area contributed by atoms with Gasteiger partial charge >= 0.3 is 6.03 Å². The maximum atomic E-state index is 11.9. The van der Waals surface area contributed by atoms with Crippen molar-refractivity contribution in [3.8, 4) is 0 Å². The summed E-state index contributed by atoms with van der Waals surface area (Å²) in [6.45, 7) is 3.91. The number of urea groups is 1. The SMILES string of the molecule is Cc1cccc(C)c1NC(=O)N/N=C/c1ccc(N(C)C)cc1. The Bertz CT molecular complexity index is 685. The van der Waals surface area contributed by atoms with Gasteiger partial charge in [0.15, 0.2) is 0 Å². The number of benzene rings is 2. The second-order valence-corrected chi connectivity index (χ2v) is 5.58. The normalized spacial score (nSPS) is 10.6. The molecule has 0 aliphatic heterocycles. The zero-order valence-electron chi connectivity index (χ0n) is 13.9. The second kappa shape index (κ2) is 7.45. The van der Waals surface area contributed by atoms with Crippen LogP contribution in [0.2, 0.25) is 0 Å². The average molecular weight is 310 g/mol.